The molecule has 154 valence electrons. The molecule has 1 saturated heterocycles. The SMILES string of the molecule is COC(=O)C1CCN(C(=O)COC(=O)C(C)NS(=O)(=O)c2ccccc2)CC1. The molecule has 1 aromatic carbocycles. The van der Waals surface area contributed by atoms with E-state index in [1.807, 2.05) is 0 Å². The second-order valence-electron chi connectivity index (χ2n) is 6.44. The van der Waals surface area contributed by atoms with Gasteiger partial charge in [0.05, 0.1) is 17.9 Å². The standard InChI is InChI=1S/C18H24N2O7S/c1-13(19-28(24,25)15-6-4-3-5-7-15)17(22)27-12-16(21)20-10-8-14(9-11-20)18(23)26-2/h3-7,13-14,19H,8-12H2,1-2H3. The highest BCUT2D eigenvalue weighted by Crippen LogP contribution is 2.18. The Morgan fingerprint density at radius 3 is 2.36 bits per heavy atom. The van der Waals surface area contributed by atoms with Crippen LogP contribution in [0.3, 0.4) is 0 Å². The Kier molecular flexibility index (Phi) is 7.53. The van der Waals surface area contributed by atoms with Crippen LogP contribution in [0.4, 0.5) is 0 Å². The van der Waals surface area contributed by atoms with Gasteiger partial charge in [-0.2, -0.15) is 4.72 Å². The van der Waals surface area contributed by atoms with Crippen molar-refractivity contribution in [1.82, 2.24) is 9.62 Å². The summed E-state index contributed by atoms with van der Waals surface area (Å²) in [5.74, 6) is -1.77. The molecule has 0 aromatic heterocycles. The zero-order valence-electron chi connectivity index (χ0n) is 15.8. The predicted octanol–water partition coefficient (Wildman–Crippen LogP) is 0.308. The third-order valence-corrected chi connectivity index (χ3v) is 6.02. The van der Waals surface area contributed by atoms with Crippen LogP contribution in [0.5, 0.6) is 0 Å². The zero-order valence-corrected chi connectivity index (χ0v) is 16.6. The van der Waals surface area contributed by atoms with Crippen molar-refractivity contribution in [1.29, 1.82) is 0 Å². The number of ether oxygens (including phenoxy) is 2. The first-order chi connectivity index (χ1) is 13.2. The number of rotatable bonds is 7. The first-order valence-electron chi connectivity index (χ1n) is 8.84. The van der Waals surface area contributed by atoms with Crippen LogP contribution in [0.1, 0.15) is 19.8 Å². The lowest BCUT2D eigenvalue weighted by molar-refractivity contribution is -0.154. The fourth-order valence-corrected chi connectivity index (χ4v) is 4.04. The Morgan fingerprint density at radius 1 is 1.18 bits per heavy atom. The number of nitrogens with one attached hydrogen (secondary N) is 1. The molecule has 0 aliphatic carbocycles. The molecule has 1 unspecified atom stereocenters. The fourth-order valence-electron chi connectivity index (χ4n) is 2.83. The molecule has 1 N–H and O–H groups in total. The van der Waals surface area contributed by atoms with E-state index in [0.29, 0.717) is 25.9 Å². The molecule has 1 heterocycles. The van der Waals surface area contributed by atoms with Gasteiger partial charge in [0.15, 0.2) is 6.61 Å². The summed E-state index contributed by atoms with van der Waals surface area (Å²) in [5.41, 5.74) is 0. The maximum Gasteiger partial charge on any atom is 0.324 e. The van der Waals surface area contributed by atoms with Gasteiger partial charge in [-0.25, -0.2) is 8.42 Å². The van der Waals surface area contributed by atoms with Crippen molar-refractivity contribution in [2.75, 3.05) is 26.8 Å². The summed E-state index contributed by atoms with van der Waals surface area (Å²) in [5, 5.41) is 0. The van der Waals surface area contributed by atoms with Gasteiger partial charge < -0.3 is 14.4 Å². The summed E-state index contributed by atoms with van der Waals surface area (Å²) in [7, 11) is -2.54. The molecule has 0 radical (unpaired) electrons. The Morgan fingerprint density at radius 2 is 1.79 bits per heavy atom. The van der Waals surface area contributed by atoms with Crippen LogP contribution in [0.25, 0.3) is 0 Å². The summed E-state index contributed by atoms with van der Waals surface area (Å²) in [6, 6.07) is 6.47. The molecule has 1 aliphatic rings. The number of hydrogen-bond donors (Lipinski definition) is 1. The molecule has 1 fully saturated rings. The van der Waals surface area contributed by atoms with Crippen molar-refractivity contribution in [3.05, 3.63) is 30.3 Å². The highest BCUT2D eigenvalue weighted by atomic mass is 32.2. The van der Waals surface area contributed by atoms with Gasteiger partial charge in [0, 0.05) is 13.1 Å². The minimum Gasteiger partial charge on any atom is -0.469 e. The van der Waals surface area contributed by atoms with Gasteiger partial charge in [0.2, 0.25) is 10.0 Å². The highest BCUT2D eigenvalue weighted by molar-refractivity contribution is 7.89. The summed E-state index contributed by atoms with van der Waals surface area (Å²) in [6.07, 6.45) is 0.972. The molecule has 1 aliphatic heterocycles. The molecule has 1 atom stereocenters. The third kappa shape index (κ3) is 5.77. The molecule has 0 spiro atoms. The molecular weight excluding hydrogens is 388 g/mol. The number of nitrogens with zero attached hydrogens (tertiary/aromatic N) is 1. The first-order valence-corrected chi connectivity index (χ1v) is 10.3. The quantitative estimate of drug-likeness (QED) is 0.640. The molecule has 1 amide bonds. The van der Waals surface area contributed by atoms with E-state index in [-0.39, 0.29) is 16.8 Å². The van der Waals surface area contributed by atoms with E-state index in [2.05, 4.69) is 4.72 Å². The number of amides is 1. The largest absolute Gasteiger partial charge is 0.469 e. The molecular formula is C18H24N2O7S. The Labute approximate surface area is 164 Å². The van der Waals surface area contributed by atoms with E-state index >= 15 is 0 Å². The average Bonchev–Trinajstić information content (AvgIpc) is 2.71. The van der Waals surface area contributed by atoms with Gasteiger partial charge in [-0.1, -0.05) is 18.2 Å². The minimum absolute atomic E-state index is 0.0270. The lowest BCUT2D eigenvalue weighted by atomic mass is 9.97. The summed E-state index contributed by atoms with van der Waals surface area (Å²) in [4.78, 5) is 37.2. The molecule has 1 aromatic rings. The number of piperidine rings is 1. The van der Waals surface area contributed by atoms with Gasteiger partial charge in [-0.05, 0) is 31.9 Å². The fraction of sp³-hybridized carbons (Fsp3) is 0.500. The Balaban J connectivity index is 1.80. The lowest BCUT2D eigenvalue weighted by Gasteiger charge is -2.30. The van der Waals surface area contributed by atoms with Gasteiger partial charge in [0.25, 0.3) is 5.91 Å². The topological polar surface area (TPSA) is 119 Å². The normalized spacial score (nSPS) is 16.3. The summed E-state index contributed by atoms with van der Waals surface area (Å²) in [6.45, 7) is 1.59. The van der Waals surface area contributed by atoms with E-state index in [0.717, 1.165) is 0 Å². The van der Waals surface area contributed by atoms with Crippen molar-refractivity contribution in [2.45, 2.75) is 30.7 Å². The molecule has 28 heavy (non-hydrogen) atoms. The lowest BCUT2D eigenvalue weighted by Crippen LogP contribution is -2.44. The van der Waals surface area contributed by atoms with Crippen LogP contribution in [-0.2, 0) is 33.9 Å². The smallest absolute Gasteiger partial charge is 0.324 e. The molecule has 0 bridgehead atoms. The highest BCUT2D eigenvalue weighted by Gasteiger charge is 2.29. The van der Waals surface area contributed by atoms with E-state index in [4.69, 9.17) is 9.47 Å². The van der Waals surface area contributed by atoms with Crippen LogP contribution in [-0.4, -0.2) is 64.0 Å². The molecule has 2 rings (SSSR count). The maximum absolute atomic E-state index is 12.2. The number of sulfonamides is 1. The Bertz CT molecular complexity index is 802. The van der Waals surface area contributed by atoms with E-state index in [1.54, 1.807) is 18.2 Å². The van der Waals surface area contributed by atoms with E-state index in [9.17, 15) is 22.8 Å². The second kappa shape index (κ2) is 9.65. The van der Waals surface area contributed by atoms with Crippen molar-refractivity contribution in [3.8, 4) is 0 Å². The Hall–Kier alpha value is -2.46. The summed E-state index contributed by atoms with van der Waals surface area (Å²) >= 11 is 0. The summed E-state index contributed by atoms with van der Waals surface area (Å²) < 4.78 is 36.3. The van der Waals surface area contributed by atoms with Gasteiger partial charge in [-0.15, -0.1) is 0 Å². The third-order valence-electron chi connectivity index (χ3n) is 4.46. The van der Waals surface area contributed by atoms with Crippen LogP contribution >= 0.6 is 0 Å². The van der Waals surface area contributed by atoms with Crippen LogP contribution in [0.2, 0.25) is 0 Å². The molecule has 9 nitrogen and oxygen atoms in total. The number of likely N-dealkylation sites (tertiary alicyclic amines) is 1. The van der Waals surface area contributed by atoms with Crippen molar-refractivity contribution < 1.29 is 32.3 Å². The predicted molar refractivity (Wildman–Crippen MR) is 98.5 cm³/mol. The first kappa shape index (κ1) is 21.8. The molecule has 0 saturated carbocycles. The van der Waals surface area contributed by atoms with Crippen molar-refractivity contribution in [3.63, 3.8) is 0 Å². The minimum atomic E-state index is -3.87. The van der Waals surface area contributed by atoms with Crippen LogP contribution in [0.15, 0.2) is 35.2 Å². The number of carbonyl (C=O) groups is 3. The van der Waals surface area contributed by atoms with Gasteiger partial charge >= 0.3 is 11.9 Å². The van der Waals surface area contributed by atoms with E-state index < -0.39 is 34.5 Å². The van der Waals surface area contributed by atoms with Gasteiger partial charge in [-0.3, -0.25) is 14.4 Å². The van der Waals surface area contributed by atoms with Crippen LogP contribution < -0.4 is 4.72 Å². The number of esters is 2. The monoisotopic (exact) mass is 412 g/mol. The van der Waals surface area contributed by atoms with Crippen molar-refractivity contribution in [2.24, 2.45) is 5.92 Å². The van der Waals surface area contributed by atoms with E-state index in [1.165, 1.54) is 31.1 Å². The maximum atomic E-state index is 12.2. The zero-order chi connectivity index (χ0) is 20.7. The molecule has 10 heteroatoms. The number of hydrogen-bond acceptors (Lipinski definition) is 7. The second-order valence-corrected chi connectivity index (χ2v) is 8.16. The van der Waals surface area contributed by atoms with Gasteiger partial charge in [0.1, 0.15) is 6.04 Å². The number of benzene rings is 1. The van der Waals surface area contributed by atoms with Crippen LogP contribution in [0, 0.1) is 5.92 Å². The number of methoxy groups -OCH3 is 1. The average molecular weight is 412 g/mol. The van der Waals surface area contributed by atoms with Crippen molar-refractivity contribution >= 4 is 27.9 Å². The number of carbonyl (C=O) groups excluding carboxylic acids is 3.